The molecule has 2 aromatic rings. The zero-order chi connectivity index (χ0) is 17.9. The maximum atomic E-state index is 13.1. The Bertz CT molecular complexity index is 734. The molecule has 132 valence electrons. The van der Waals surface area contributed by atoms with Crippen LogP contribution in [-0.4, -0.2) is 42.5 Å². The zero-order valence-electron chi connectivity index (χ0n) is 15.1. The van der Waals surface area contributed by atoms with Gasteiger partial charge in [-0.05, 0) is 56.7 Å². The first-order valence-corrected chi connectivity index (χ1v) is 8.69. The quantitative estimate of drug-likeness (QED) is 0.770. The number of para-hydroxylation sites is 1. The number of hydrogen-bond donors (Lipinski definition) is 0. The smallest absolute Gasteiger partial charge is 0.182 e. The van der Waals surface area contributed by atoms with Crippen LogP contribution < -0.4 is 4.74 Å². The fourth-order valence-electron chi connectivity index (χ4n) is 3.17. The summed E-state index contributed by atoms with van der Waals surface area (Å²) in [6.07, 6.45) is 0. The minimum atomic E-state index is -0.545. The van der Waals surface area contributed by atoms with Crippen molar-refractivity contribution >= 4 is 5.78 Å². The van der Waals surface area contributed by atoms with Crippen LogP contribution in [0.15, 0.2) is 48.5 Å². The van der Waals surface area contributed by atoms with Gasteiger partial charge in [-0.1, -0.05) is 18.2 Å². The lowest BCUT2D eigenvalue weighted by Gasteiger charge is -2.39. The Balaban J connectivity index is 1.79. The van der Waals surface area contributed by atoms with Gasteiger partial charge in [-0.25, -0.2) is 0 Å². The van der Waals surface area contributed by atoms with Crippen molar-refractivity contribution in [1.82, 2.24) is 4.90 Å². The van der Waals surface area contributed by atoms with Crippen molar-refractivity contribution in [2.75, 3.05) is 26.3 Å². The number of ether oxygens (including phenoxy) is 2. The second-order valence-corrected chi connectivity index (χ2v) is 6.88. The van der Waals surface area contributed by atoms with Crippen molar-refractivity contribution in [1.29, 1.82) is 0 Å². The number of ketones is 1. The molecule has 3 rings (SSSR count). The second-order valence-electron chi connectivity index (χ2n) is 6.88. The van der Waals surface area contributed by atoms with E-state index in [4.69, 9.17) is 9.47 Å². The van der Waals surface area contributed by atoms with E-state index in [1.807, 2.05) is 69.3 Å². The number of Topliss-reactive ketones (excluding diaryl/α,β-unsaturated/α-hetero) is 1. The van der Waals surface area contributed by atoms with Gasteiger partial charge >= 0.3 is 0 Å². The molecule has 1 heterocycles. The Kier molecular flexibility index (Phi) is 5.21. The summed E-state index contributed by atoms with van der Waals surface area (Å²) in [5, 5.41) is 0. The number of carbonyl (C=O) groups is 1. The normalized spacial score (nSPS) is 15.8. The van der Waals surface area contributed by atoms with Gasteiger partial charge in [0.15, 0.2) is 5.78 Å². The third kappa shape index (κ3) is 3.91. The zero-order valence-corrected chi connectivity index (χ0v) is 15.1. The van der Waals surface area contributed by atoms with E-state index in [2.05, 4.69) is 4.90 Å². The van der Waals surface area contributed by atoms with Gasteiger partial charge in [-0.15, -0.1) is 0 Å². The summed E-state index contributed by atoms with van der Waals surface area (Å²) in [6.45, 7) is 8.88. The average Bonchev–Trinajstić information content (AvgIpc) is 2.63. The molecule has 0 aromatic heterocycles. The van der Waals surface area contributed by atoms with Crippen LogP contribution in [0.2, 0.25) is 0 Å². The Morgan fingerprint density at radius 3 is 2.36 bits per heavy atom. The molecule has 1 saturated heterocycles. The number of hydrogen-bond acceptors (Lipinski definition) is 4. The van der Waals surface area contributed by atoms with E-state index in [9.17, 15) is 4.79 Å². The van der Waals surface area contributed by atoms with Crippen LogP contribution in [0, 0.1) is 6.92 Å². The highest BCUT2D eigenvalue weighted by Gasteiger charge is 2.36. The predicted molar refractivity (Wildman–Crippen MR) is 98.5 cm³/mol. The highest BCUT2D eigenvalue weighted by molar-refractivity contribution is 6.03. The van der Waals surface area contributed by atoms with Crippen molar-refractivity contribution < 1.29 is 14.3 Å². The fourth-order valence-corrected chi connectivity index (χ4v) is 3.17. The van der Waals surface area contributed by atoms with Crippen LogP contribution in [0.4, 0.5) is 0 Å². The van der Waals surface area contributed by atoms with Crippen molar-refractivity contribution in [3.05, 3.63) is 59.7 Å². The molecule has 1 aliphatic rings. The highest BCUT2D eigenvalue weighted by atomic mass is 16.5. The maximum Gasteiger partial charge on any atom is 0.182 e. The summed E-state index contributed by atoms with van der Waals surface area (Å²) in [5.74, 6) is 1.66. The maximum absolute atomic E-state index is 13.1. The van der Waals surface area contributed by atoms with E-state index in [1.54, 1.807) is 0 Å². The molecule has 1 fully saturated rings. The summed E-state index contributed by atoms with van der Waals surface area (Å²) in [6, 6.07) is 15.3. The molecule has 0 atom stereocenters. The molecule has 0 bridgehead atoms. The lowest BCUT2D eigenvalue weighted by molar-refractivity contribution is -0.00432. The number of benzene rings is 2. The number of aryl methyl sites for hydroxylation is 1. The van der Waals surface area contributed by atoms with Crippen molar-refractivity contribution in [3.8, 4) is 11.5 Å². The van der Waals surface area contributed by atoms with E-state index in [0.717, 1.165) is 35.7 Å². The Labute approximate surface area is 149 Å². The molecule has 1 aliphatic heterocycles. The minimum Gasteiger partial charge on any atom is -0.457 e. The molecule has 0 N–H and O–H groups in total. The second kappa shape index (κ2) is 7.38. The molecule has 0 spiro atoms. The van der Waals surface area contributed by atoms with Gasteiger partial charge in [0.25, 0.3) is 0 Å². The van der Waals surface area contributed by atoms with Gasteiger partial charge in [-0.3, -0.25) is 9.69 Å². The number of nitrogens with zero attached hydrogens (tertiary/aromatic N) is 1. The largest absolute Gasteiger partial charge is 0.457 e. The summed E-state index contributed by atoms with van der Waals surface area (Å²) in [4.78, 5) is 15.3. The number of carbonyl (C=O) groups excluding carboxylic acids is 1. The number of morpholine rings is 1. The summed E-state index contributed by atoms with van der Waals surface area (Å²) < 4.78 is 11.3. The fraction of sp³-hybridized carbons (Fsp3) is 0.381. The Morgan fingerprint density at radius 2 is 1.72 bits per heavy atom. The van der Waals surface area contributed by atoms with Crippen LogP contribution in [0.3, 0.4) is 0 Å². The SMILES string of the molecule is Cc1cc(Oc2ccccc2)ccc1C(=O)C(C)(C)N1CCOCC1. The molecule has 0 saturated carbocycles. The monoisotopic (exact) mass is 339 g/mol. The van der Waals surface area contributed by atoms with Gasteiger partial charge < -0.3 is 9.47 Å². The Morgan fingerprint density at radius 1 is 1.04 bits per heavy atom. The van der Waals surface area contributed by atoms with E-state index in [0.29, 0.717) is 13.2 Å². The topological polar surface area (TPSA) is 38.8 Å². The molecule has 25 heavy (non-hydrogen) atoms. The summed E-state index contributed by atoms with van der Waals surface area (Å²) in [7, 11) is 0. The molecule has 0 aliphatic carbocycles. The summed E-state index contributed by atoms with van der Waals surface area (Å²) in [5.41, 5.74) is 1.13. The predicted octanol–water partition coefficient (Wildman–Crippen LogP) is 4.08. The van der Waals surface area contributed by atoms with Crippen LogP contribution >= 0.6 is 0 Å². The van der Waals surface area contributed by atoms with Crippen LogP contribution in [0.25, 0.3) is 0 Å². The molecule has 0 unspecified atom stereocenters. The molecule has 0 amide bonds. The first-order chi connectivity index (χ1) is 12.0. The van der Waals surface area contributed by atoms with E-state index in [-0.39, 0.29) is 5.78 Å². The molecule has 4 heteroatoms. The van der Waals surface area contributed by atoms with Crippen LogP contribution in [0.1, 0.15) is 29.8 Å². The van der Waals surface area contributed by atoms with Gasteiger partial charge in [0.2, 0.25) is 0 Å². The van der Waals surface area contributed by atoms with E-state index < -0.39 is 5.54 Å². The highest BCUT2D eigenvalue weighted by Crippen LogP contribution is 2.28. The van der Waals surface area contributed by atoms with Crippen LogP contribution in [0.5, 0.6) is 11.5 Å². The number of rotatable bonds is 5. The van der Waals surface area contributed by atoms with Crippen molar-refractivity contribution in [2.45, 2.75) is 26.3 Å². The third-order valence-electron chi connectivity index (χ3n) is 4.78. The van der Waals surface area contributed by atoms with Crippen LogP contribution in [-0.2, 0) is 4.74 Å². The molecule has 2 aromatic carbocycles. The first-order valence-electron chi connectivity index (χ1n) is 8.69. The Hall–Kier alpha value is -2.17. The third-order valence-corrected chi connectivity index (χ3v) is 4.78. The first kappa shape index (κ1) is 17.6. The standard InChI is InChI=1S/C21H25NO3/c1-16-15-18(25-17-7-5-4-6-8-17)9-10-19(16)20(23)21(2,3)22-11-13-24-14-12-22/h4-10,15H,11-14H2,1-3H3. The summed E-state index contributed by atoms with van der Waals surface area (Å²) >= 11 is 0. The van der Waals surface area contributed by atoms with Gasteiger partial charge in [0.05, 0.1) is 18.8 Å². The average molecular weight is 339 g/mol. The molecular formula is C21H25NO3. The van der Waals surface area contributed by atoms with Gasteiger partial charge in [-0.2, -0.15) is 0 Å². The molecule has 4 nitrogen and oxygen atoms in total. The van der Waals surface area contributed by atoms with Gasteiger partial charge in [0, 0.05) is 18.7 Å². The van der Waals surface area contributed by atoms with E-state index >= 15 is 0 Å². The molecular weight excluding hydrogens is 314 g/mol. The van der Waals surface area contributed by atoms with Crippen molar-refractivity contribution in [2.24, 2.45) is 0 Å². The minimum absolute atomic E-state index is 0.137. The van der Waals surface area contributed by atoms with Crippen molar-refractivity contribution in [3.63, 3.8) is 0 Å². The lowest BCUT2D eigenvalue weighted by Crippen LogP contribution is -2.54. The molecule has 0 radical (unpaired) electrons. The van der Waals surface area contributed by atoms with E-state index in [1.165, 1.54) is 0 Å². The lowest BCUT2D eigenvalue weighted by atomic mass is 9.88. The van der Waals surface area contributed by atoms with Gasteiger partial charge in [0.1, 0.15) is 11.5 Å².